The molecule has 1 rings (SSSR count). The maximum atomic E-state index is 8.55. The molecule has 1 aromatic heterocycles. The summed E-state index contributed by atoms with van der Waals surface area (Å²) < 4.78 is 5.17. The third kappa shape index (κ3) is 2.61. The number of aromatic nitrogens is 1. The number of ether oxygens (including phenoxy) is 1. The Morgan fingerprint density at radius 2 is 2.43 bits per heavy atom. The van der Waals surface area contributed by atoms with E-state index in [4.69, 9.17) is 20.8 Å². The summed E-state index contributed by atoms with van der Waals surface area (Å²) in [5.41, 5.74) is 6.31. The molecule has 0 aliphatic carbocycles. The predicted molar refractivity (Wildman–Crippen MR) is 50.6 cm³/mol. The van der Waals surface area contributed by atoms with E-state index in [9.17, 15) is 0 Å². The van der Waals surface area contributed by atoms with Gasteiger partial charge >= 0.3 is 0 Å². The van der Waals surface area contributed by atoms with Crippen molar-refractivity contribution in [2.24, 2.45) is 0 Å². The summed E-state index contributed by atoms with van der Waals surface area (Å²) in [6.07, 6.45) is 1.92. The number of nitrogens with two attached hydrogens (primary N) is 1. The van der Waals surface area contributed by atoms with Gasteiger partial charge in [-0.25, -0.2) is 4.98 Å². The molecule has 0 saturated heterocycles. The summed E-state index contributed by atoms with van der Waals surface area (Å²) in [4.78, 5) is 3.87. The number of hydrogen-bond donors (Lipinski definition) is 2. The van der Waals surface area contributed by atoms with Crippen molar-refractivity contribution in [1.29, 1.82) is 5.26 Å². The molecular formula is C9H11N3O2. The lowest BCUT2D eigenvalue weighted by atomic mass is 10.3. The highest BCUT2D eigenvalue weighted by Crippen LogP contribution is 2.18. The molecule has 1 aromatic rings. The van der Waals surface area contributed by atoms with Gasteiger partial charge in [0, 0.05) is 19.2 Å². The van der Waals surface area contributed by atoms with Crippen molar-refractivity contribution in [3.05, 3.63) is 17.8 Å². The summed E-state index contributed by atoms with van der Waals surface area (Å²) in [5.74, 6) is 0.303. The van der Waals surface area contributed by atoms with E-state index in [0.717, 1.165) is 0 Å². The summed E-state index contributed by atoms with van der Waals surface area (Å²) in [5, 5.41) is 17.1. The standard InChI is InChI=1S/C9H11N3O2/c10-5-7-4-8(11)9(12-6-7)14-3-1-2-13/h4,6,13H,1-3,11H2. The topological polar surface area (TPSA) is 92.2 Å². The Morgan fingerprint density at radius 3 is 3.00 bits per heavy atom. The molecule has 1 heterocycles. The normalized spacial score (nSPS) is 9.43. The molecule has 0 atom stereocenters. The third-order valence-electron chi connectivity index (χ3n) is 1.55. The first kappa shape index (κ1) is 10.3. The number of nitriles is 1. The van der Waals surface area contributed by atoms with Gasteiger partial charge in [0.15, 0.2) is 0 Å². The monoisotopic (exact) mass is 193 g/mol. The van der Waals surface area contributed by atoms with Crippen LogP contribution in [0.25, 0.3) is 0 Å². The quantitative estimate of drug-likeness (QED) is 0.671. The van der Waals surface area contributed by atoms with Crippen molar-refractivity contribution in [2.75, 3.05) is 18.9 Å². The van der Waals surface area contributed by atoms with E-state index in [2.05, 4.69) is 4.98 Å². The highest BCUT2D eigenvalue weighted by Gasteiger charge is 2.02. The van der Waals surface area contributed by atoms with Crippen molar-refractivity contribution in [2.45, 2.75) is 6.42 Å². The number of nitrogens with zero attached hydrogens (tertiary/aromatic N) is 2. The molecule has 0 aromatic carbocycles. The van der Waals surface area contributed by atoms with E-state index in [1.807, 2.05) is 6.07 Å². The van der Waals surface area contributed by atoms with Gasteiger partial charge in [-0.3, -0.25) is 0 Å². The average molecular weight is 193 g/mol. The molecular weight excluding hydrogens is 182 g/mol. The molecule has 0 spiro atoms. The fourth-order valence-electron chi connectivity index (χ4n) is 0.884. The first-order valence-electron chi connectivity index (χ1n) is 4.17. The van der Waals surface area contributed by atoms with Gasteiger partial charge in [0.2, 0.25) is 5.88 Å². The Bertz CT molecular complexity index is 346. The molecule has 0 aliphatic rings. The first-order chi connectivity index (χ1) is 6.77. The summed E-state index contributed by atoms with van der Waals surface area (Å²) in [6, 6.07) is 3.43. The lowest BCUT2D eigenvalue weighted by Crippen LogP contribution is -2.04. The van der Waals surface area contributed by atoms with Crippen LogP contribution in [0.2, 0.25) is 0 Å². The van der Waals surface area contributed by atoms with E-state index in [1.165, 1.54) is 12.3 Å². The Balaban J connectivity index is 2.65. The Hall–Kier alpha value is -1.80. The van der Waals surface area contributed by atoms with E-state index >= 15 is 0 Å². The largest absolute Gasteiger partial charge is 0.476 e. The Kier molecular flexibility index (Phi) is 3.70. The van der Waals surface area contributed by atoms with Gasteiger partial charge in [-0.15, -0.1) is 0 Å². The molecule has 0 unspecified atom stereocenters. The van der Waals surface area contributed by atoms with Gasteiger partial charge in [0.05, 0.1) is 17.9 Å². The Labute approximate surface area is 81.8 Å². The highest BCUT2D eigenvalue weighted by molar-refractivity contribution is 5.51. The molecule has 0 fully saturated rings. The number of pyridine rings is 1. The van der Waals surface area contributed by atoms with E-state index < -0.39 is 0 Å². The zero-order valence-corrected chi connectivity index (χ0v) is 7.60. The number of anilines is 1. The van der Waals surface area contributed by atoms with E-state index in [0.29, 0.717) is 30.2 Å². The van der Waals surface area contributed by atoms with Crippen LogP contribution < -0.4 is 10.5 Å². The van der Waals surface area contributed by atoms with Crippen molar-refractivity contribution in [3.8, 4) is 11.9 Å². The van der Waals surface area contributed by atoms with Crippen LogP contribution in [-0.4, -0.2) is 23.3 Å². The molecule has 0 aliphatic heterocycles. The van der Waals surface area contributed by atoms with E-state index in [-0.39, 0.29) is 6.61 Å². The second-order valence-electron chi connectivity index (χ2n) is 2.66. The van der Waals surface area contributed by atoms with Crippen molar-refractivity contribution < 1.29 is 9.84 Å². The zero-order chi connectivity index (χ0) is 10.4. The van der Waals surface area contributed by atoms with Gasteiger partial charge in [-0.2, -0.15) is 5.26 Å². The molecule has 5 heteroatoms. The van der Waals surface area contributed by atoms with Crippen LogP contribution in [0.15, 0.2) is 12.3 Å². The minimum Gasteiger partial charge on any atom is -0.476 e. The van der Waals surface area contributed by atoms with Crippen molar-refractivity contribution in [1.82, 2.24) is 4.98 Å². The smallest absolute Gasteiger partial charge is 0.237 e. The predicted octanol–water partition coefficient (Wildman–Crippen LogP) is 0.297. The third-order valence-corrected chi connectivity index (χ3v) is 1.55. The van der Waals surface area contributed by atoms with Crippen LogP contribution in [-0.2, 0) is 0 Å². The number of aliphatic hydroxyl groups is 1. The van der Waals surface area contributed by atoms with Gasteiger partial charge < -0.3 is 15.6 Å². The number of aliphatic hydroxyl groups excluding tert-OH is 1. The van der Waals surface area contributed by atoms with Crippen molar-refractivity contribution in [3.63, 3.8) is 0 Å². The molecule has 0 radical (unpaired) electrons. The molecule has 0 bridgehead atoms. The minimum atomic E-state index is 0.0657. The van der Waals surface area contributed by atoms with Gasteiger partial charge in [-0.05, 0) is 6.07 Å². The van der Waals surface area contributed by atoms with Gasteiger partial charge in [-0.1, -0.05) is 0 Å². The summed E-state index contributed by atoms with van der Waals surface area (Å²) >= 11 is 0. The van der Waals surface area contributed by atoms with E-state index in [1.54, 1.807) is 0 Å². The van der Waals surface area contributed by atoms with Crippen LogP contribution in [0.5, 0.6) is 5.88 Å². The zero-order valence-electron chi connectivity index (χ0n) is 7.60. The van der Waals surface area contributed by atoms with Crippen LogP contribution in [0, 0.1) is 11.3 Å². The highest BCUT2D eigenvalue weighted by atomic mass is 16.5. The fourth-order valence-corrected chi connectivity index (χ4v) is 0.884. The number of nitrogen functional groups attached to an aromatic ring is 1. The molecule has 0 amide bonds. The average Bonchev–Trinajstić information content (AvgIpc) is 2.20. The maximum absolute atomic E-state index is 8.55. The summed E-state index contributed by atoms with van der Waals surface area (Å²) in [7, 11) is 0. The lowest BCUT2D eigenvalue weighted by Gasteiger charge is -2.06. The minimum absolute atomic E-state index is 0.0657. The molecule has 0 saturated carbocycles. The Morgan fingerprint density at radius 1 is 1.64 bits per heavy atom. The van der Waals surface area contributed by atoms with Gasteiger partial charge in [0.25, 0.3) is 0 Å². The van der Waals surface area contributed by atoms with Crippen LogP contribution in [0.3, 0.4) is 0 Å². The molecule has 3 N–H and O–H groups in total. The maximum Gasteiger partial charge on any atom is 0.237 e. The lowest BCUT2D eigenvalue weighted by molar-refractivity contribution is 0.230. The van der Waals surface area contributed by atoms with Crippen LogP contribution >= 0.6 is 0 Å². The molecule has 74 valence electrons. The van der Waals surface area contributed by atoms with Crippen molar-refractivity contribution >= 4 is 5.69 Å². The van der Waals surface area contributed by atoms with Gasteiger partial charge in [0.1, 0.15) is 6.07 Å². The molecule has 14 heavy (non-hydrogen) atoms. The first-order valence-corrected chi connectivity index (χ1v) is 4.17. The second kappa shape index (κ2) is 5.04. The number of rotatable bonds is 4. The second-order valence-corrected chi connectivity index (χ2v) is 2.66. The number of hydrogen-bond acceptors (Lipinski definition) is 5. The summed E-state index contributed by atoms with van der Waals surface area (Å²) in [6.45, 7) is 0.426. The van der Waals surface area contributed by atoms with Crippen LogP contribution in [0.1, 0.15) is 12.0 Å². The fraction of sp³-hybridized carbons (Fsp3) is 0.333. The molecule has 5 nitrogen and oxygen atoms in total. The SMILES string of the molecule is N#Cc1cnc(OCCCO)c(N)c1. The van der Waals surface area contributed by atoms with Crippen LogP contribution in [0.4, 0.5) is 5.69 Å².